The van der Waals surface area contributed by atoms with Crippen LogP contribution < -0.4 is 25.3 Å². The Balaban J connectivity index is 0.752. The van der Waals surface area contributed by atoms with Gasteiger partial charge in [0.25, 0.3) is 0 Å². The van der Waals surface area contributed by atoms with Gasteiger partial charge in [-0.25, -0.2) is 14.8 Å². The molecular formula is C48H60N12O3. The summed E-state index contributed by atoms with van der Waals surface area (Å²) in [5.74, 6) is 2.09. The molecule has 0 bridgehead atoms. The first kappa shape index (κ1) is 42.4. The van der Waals surface area contributed by atoms with E-state index in [0.717, 1.165) is 104 Å². The van der Waals surface area contributed by atoms with Gasteiger partial charge in [-0.05, 0) is 98.7 Å². The van der Waals surface area contributed by atoms with Gasteiger partial charge in [0.15, 0.2) is 5.82 Å². The summed E-state index contributed by atoms with van der Waals surface area (Å²) >= 11 is 0. The van der Waals surface area contributed by atoms with Crippen LogP contribution in [0.2, 0.25) is 0 Å². The lowest BCUT2D eigenvalue weighted by Gasteiger charge is -2.40. The molecule has 3 aliphatic rings. The molecule has 2 aromatic carbocycles. The van der Waals surface area contributed by atoms with E-state index < -0.39 is 6.23 Å². The summed E-state index contributed by atoms with van der Waals surface area (Å²) in [6, 6.07) is 21.0. The summed E-state index contributed by atoms with van der Waals surface area (Å²) in [7, 11) is 0. The molecule has 15 nitrogen and oxygen atoms in total. The molecule has 0 radical (unpaired) electrons. The lowest BCUT2D eigenvalue weighted by molar-refractivity contribution is 0.125. The van der Waals surface area contributed by atoms with Crippen LogP contribution in [-0.2, 0) is 13.0 Å². The Morgan fingerprint density at radius 3 is 2.40 bits per heavy atom. The number of H-pyrrole nitrogens is 1. The minimum Gasteiger partial charge on any atom is -0.374 e. The molecule has 4 N–H and O–H groups in total. The van der Waals surface area contributed by atoms with Gasteiger partial charge >= 0.3 is 6.03 Å². The molecule has 1 unspecified atom stereocenters. The van der Waals surface area contributed by atoms with E-state index in [-0.39, 0.29) is 12.1 Å². The van der Waals surface area contributed by atoms with Crippen molar-refractivity contribution in [1.82, 2.24) is 45.6 Å². The van der Waals surface area contributed by atoms with Gasteiger partial charge in [-0.3, -0.25) is 14.8 Å². The number of nitrogens with zero attached hydrogens (tertiary/aromatic N) is 9. The van der Waals surface area contributed by atoms with E-state index in [1.165, 1.54) is 42.5 Å². The number of piperidine rings is 1. The third-order valence-corrected chi connectivity index (χ3v) is 13.1. The molecule has 0 aliphatic carbocycles. The standard InChI is InChI=1S/C48H60N12O3/c1-4-5-6-7-45-54-43(56-63-45)29-49-33(3)39-14-8-35(26-32(39)2)46-40-27-42(53-47(40)52-31-51-46)41-15-13-38(28-50-41)59-24-22-57(23-25-59)30-34-16-19-58(20-17-34)36-9-11-37(12-10-36)60-21-18-44(61)55-48(60)62/h8-15,26-28,31,33-34,44,49,61H,4-7,16-25,29-30H2,1-3H3,(H,55,62)(H,51,52,53)/t33-,44?/m1/s1. The molecule has 330 valence electrons. The smallest absolute Gasteiger partial charge is 0.323 e. The van der Waals surface area contributed by atoms with Gasteiger partial charge in [0, 0.05) is 93.6 Å². The second kappa shape index (κ2) is 19.2. The number of benzene rings is 2. The SMILES string of the molecule is CCCCCc1nc(CN[C@H](C)c2ccc(-c3ncnc4[nH]c(-c5ccc(N6CCN(CC7CCN(c8ccc(N9CCC(O)NC9=O)cc8)CC7)CC6)cn5)cc34)cc2C)no1. The number of rotatable bonds is 15. The largest absolute Gasteiger partial charge is 0.374 e. The van der Waals surface area contributed by atoms with Gasteiger partial charge in [0.1, 0.15) is 18.2 Å². The molecule has 3 saturated heterocycles. The number of fused-ring (bicyclic) bond motifs is 1. The first-order chi connectivity index (χ1) is 30.8. The molecule has 6 aromatic rings. The van der Waals surface area contributed by atoms with Crippen molar-refractivity contribution in [2.75, 3.05) is 67.1 Å². The number of carbonyl (C=O) groups is 1. The molecule has 15 heteroatoms. The molecule has 9 rings (SSSR count). The van der Waals surface area contributed by atoms with Crippen LogP contribution in [0, 0.1) is 12.8 Å². The monoisotopic (exact) mass is 852 g/mol. The average molecular weight is 853 g/mol. The molecule has 3 fully saturated rings. The summed E-state index contributed by atoms with van der Waals surface area (Å²) in [6.07, 6.45) is 9.97. The van der Waals surface area contributed by atoms with E-state index in [2.05, 4.69) is 115 Å². The maximum Gasteiger partial charge on any atom is 0.323 e. The predicted molar refractivity (Wildman–Crippen MR) is 247 cm³/mol. The van der Waals surface area contributed by atoms with Crippen molar-refractivity contribution in [3.05, 3.63) is 96.0 Å². The zero-order valence-electron chi connectivity index (χ0n) is 36.8. The van der Waals surface area contributed by atoms with Crippen LogP contribution in [0.15, 0.2) is 77.7 Å². The van der Waals surface area contributed by atoms with Crippen LogP contribution in [0.4, 0.5) is 21.9 Å². The number of aliphatic hydroxyl groups excluding tert-OH is 1. The normalized spacial score (nSPS) is 18.3. The number of urea groups is 1. The number of pyridine rings is 1. The van der Waals surface area contributed by atoms with Crippen LogP contribution >= 0.6 is 0 Å². The number of aromatic amines is 1. The fourth-order valence-corrected chi connectivity index (χ4v) is 9.36. The molecule has 3 aliphatic heterocycles. The topological polar surface area (TPSA) is 168 Å². The molecule has 0 spiro atoms. The van der Waals surface area contributed by atoms with Gasteiger partial charge < -0.3 is 35.0 Å². The first-order valence-electron chi connectivity index (χ1n) is 22.8. The van der Waals surface area contributed by atoms with Crippen molar-refractivity contribution < 1.29 is 14.4 Å². The van der Waals surface area contributed by atoms with E-state index in [9.17, 15) is 9.90 Å². The van der Waals surface area contributed by atoms with Crippen molar-refractivity contribution in [2.24, 2.45) is 5.92 Å². The summed E-state index contributed by atoms with van der Waals surface area (Å²) in [4.78, 5) is 43.8. The van der Waals surface area contributed by atoms with Crippen LogP contribution in [0.5, 0.6) is 0 Å². The second-order valence-corrected chi connectivity index (χ2v) is 17.4. The van der Waals surface area contributed by atoms with Crippen molar-refractivity contribution >= 4 is 34.1 Å². The fraction of sp³-hybridized carbons (Fsp3) is 0.458. The predicted octanol–water partition coefficient (Wildman–Crippen LogP) is 7.24. The Bertz CT molecular complexity index is 2450. The van der Waals surface area contributed by atoms with Gasteiger partial charge in [-0.2, -0.15) is 4.98 Å². The fourth-order valence-electron chi connectivity index (χ4n) is 9.36. The Hall–Kier alpha value is -5.90. The number of aromatic nitrogens is 6. The minimum atomic E-state index is -0.761. The van der Waals surface area contributed by atoms with Crippen molar-refractivity contribution in [2.45, 2.75) is 84.5 Å². The average Bonchev–Trinajstić information content (AvgIpc) is 3.97. The molecular weight excluding hydrogens is 793 g/mol. The molecule has 4 aromatic heterocycles. The highest BCUT2D eigenvalue weighted by molar-refractivity contribution is 5.94. The number of aryl methyl sites for hydroxylation is 2. The quantitative estimate of drug-likeness (QED) is 0.0767. The number of piperazine rings is 1. The zero-order valence-corrected chi connectivity index (χ0v) is 36.8. The van der Waals surface area contributed by atoms with Crippen LogP contribution in [0.1, 0.15) is 81.3 Å². The number of hydrogen-bond donors (Lipinski definition) is 4. The number of nitrogens with one attached hydrogen (secondary N) is 3. The van der Waals surface area contributed by atoms with Crippen LogP contribution in [-0.4, -0.2) is 105 Å². The lowest BCUT2D eigenvalue weighted by atomic mass is 9.95. The highest BCUT2D eigenvalue weighted by atomic mass is 16.5. The van der Waals surface area contributed by atoms with E-state index >= 15 is 0 Å². The minimum absolute atomic E-state index is 0.104. The third-order valence-electron chi connectivity index (χ3n) is 13.1. The first-order valence-corrected chi connectivity index (χ1v) is 22.8. The molecule has 2 amide bonds. The highest BCUT2D eigenvalue weighted by Gasteiger charge is 2.27. The van der Waals surface area contributed by atoms with Gasteiger partial charge in [-0.15, -0.1) is 0 Å². The summed E-state index contributed by atoms with van der Waals surface area (Å²) in [6.45, 7) is 14.8. The molecule has 7 heterocycles. The maximum absolute atomic E-state index is 12.3. The zero-order chi connectivity index (χ0) is 43.3. The number of unbranched alkanes of at least 4 members (excludes halogenated alkanes) is 2. The Morgan fingerprint density at radius 2 is 1.65 bits per heavy atom. The van der Waals surface area contributed by atoms with E-state index in [1.807, 2.05) is 18.3 Å². The number of aliphatic hydroxyl groups is 1. The summed E-state index contributed by atoms with van der Waals surface area (Å²) < 4.78 is 5.45. The van der Waals surface area contributed by atoms with Gasteiger partial charge in [0.2, 0.25) is 5.89 Å². The summed E-state index contributed by atoms with van der Waals surface area (Å²) in [5, 5.41) is 21.0. The Kier molecular flexibility index (Phi) is 12.9. The Labute approximate surface area is 369 Å². The van der Waals surface area contributed by atoms with E-state index in [0.29, 0.717) is 37.1 Å². The molecule has 63 heavy (non-hydrogen) atoms. The van der Waals surface area contributed by atoms with Crippen LogP contribution in [0.3, 0.4) is 0 Å². The third kappa shape index (κ3) is 9.85. The molecule has 0 saturated carbocycles. The lowest BCUT2D eigenvalue weighted by Crippen LogP contribution is -2.51. The highest BCUT2D eigenvalue weighted by Crippen LogP contribution is 2.33. The number of carbonyl (C=O) groups excluding carboxylic acids is 1. The van der Waals surface area contributed by atoms with E-state index in [4.69, 9.17) is 14.5 Å². The van der Waals surface area contributed by atoms with Crippen molar-refractivity contribution in [3.63, 3.8) is 0 Å². The summed E-state index contributed by atoms with van der Waals surface area (Å²) in [5.41, 5.74) is 10.1. The van der Waals surface area contributed by atoms with Gasteiger partial charge in [-0.1, -0.05) is 37.1 Å². The van der Waals surface area contributed by atoms with Crippen LogP contribution in [0.25, 0.3) is 33.7 Å². The number of anilines is 3. The Morgan fingerprint density at radius 1 is 0.873 bits per heavy atom. The molecule has 2 atom stereocenters. The number of hydrogen-bond acceptors (Lipinski definition) is 12. The second-order valence-electron chi connectivity index (χ2n) is 17.4. The van der Waals surface area contributed by atoms with Crippen molar-refractivity contribution in [3.8, 4) is 22.6 Å². The van der Waals surface area contributed by atoms with Crippen molar-refractivity contribution in [1.29, 1.82) is 0 Å². The number of amides is 2. The maximum atomic E-state index is 12.3. The van der Waals surface area contributed by atoms with E-state index in [1.54, 1.807) is 11.2 Å². The van der Waals surface area contributed by atoms with Gasteiger partial charge in [0.05, 0.1) is 35.5 Å².